The van der Waals surface area contributed by atoms with Gasteiger partial charge >= 0.3 is 5.97 Å². The van der Waals surface area contributed by atoms with Crippen molar-refractivity contribution in [2.45, 2.75) is 37.3 Å². The number of aromatic nitrogens is 3. The average molecular weight is 735 g/mol. The Morgan fingerprint density at radius 2 is 2.02 bits per heavy atom. The summed E-state index contributed by atoms with van der Waals surface area (Å²) in [6.07, 6.45) is 5.65. The molecule has 3 amide bonds. The summed E-state index contributed by atoms with van der Waals surface area (Å²) in [6, 6.07) is 9.03. The lowest BCUT2D eigenvalue weighted by Gasteiger charge is -2.49. The minimum Gasteiger partial charge on any atom is -0.477 e. The van der Waals surface area contributed by atoms with Crippen molar-refractivity contribution in [3.8, 4) is 0 Å². The van der Waals surface area contributed by atoms with Crippen molar-refractivity contribution >= 4 is 68.7 Å². The van der Waals surface area contributed by atoms with Gasteiger partial charge in [0.15, 0.2) is 23.6 Å². The van der Waals surface area contributed by atoms with Crippen LogP contribution in [-0.4, -0.2) is 91.3 Å². The fourth-order valence-corrected chi connectivity index (χ4v) is 8.32. The van der Waals surface area contributed by atoms with Gasteiger partial charge in [-0.2, -0.15) is 4.57 Å². The topological polar surface area (TPSA) is 188 Å². The highest BCUT2D eigenvalue weighted by atomic mass is 32.2. The maximum atomic E-state index is 15.2. The van der Waals surface area contributed by atoms with Crippen LogP contribution in [-0.2, 0) is 32.3 Å². The molecule has 2 saturated heterocycles. The lowest BCUT2D eigenvalue weighted by Crippen LogP contribution is -2.71. The van der Waals surface area contributed by atoms with E-state index in [1.165, 1.54) is 35.2 Å². The lowest BCUT2D eigenvalue weighted by molar-refractivity contribution is -0.663. The number of carbonyl (C=O) groups is 4. The summed E-state index contributed by atoms with van der Waals surface area (Å²) in [7, 11) is 1.27. The zero-order chi connectivity index (χ0) is 35.8. The van der Waals surface area contributed by atoms with Crippen molar-refractivity contribution in [1.29, 1.82) is 0 Å². The molecular formula is C33H33FN9O6S2+. The van der Waals surface area contributed by atoms with E-state index in [1.807, 2.05) is 44.7 Å². The number of hydrazine groups is 1. The molecule has 0 bridgehead atoms. The van der Waals surface area contributed by atoms with Gasteiger partial charge in [0, 0.05) is 59.3 Å². The van der Waals surface area contributed by atoms with Gasteiger partial charge in [0.2, 0.25) is 5.52 Å². The summed E-state index contributed by atoms with van der Waals surface area (Å²) in [5.74, 6) is -3.09. The van der Waals surface area contributed by atoms with Crippen LogP contribution < -0.4 is 21.0 Å². The standard InChI is InChI=1S/C33H32FN9O6S2/c1-49-39-25(22-17-51-33(35)36-22)29(45)37-26-30(46)43-27(32(47)48)20(16-50-31(26)43)15-40-9-4-5-23-24(40)8-12-41(23)14-19-7-6-18(13-21(19)34)28(44)38-42-10-2-3-11-42/h4-9,12-13,17,26,31H,2-3,10-11,14-16H2,1H3,(H4-,35,36,37,38,44,45,47,48)/p+1/b39-25-/t26-,31-/m1/s1. The molecule has 15 nitrogen and oxygen atoms in total. The van der Waals surface area contributed by atoms with Crippen LogP contribution in [0.4, 0.5) is 9.52 Å². The van der Waals surface area contributed by atoms with E-state index in [2.05, 4.69) is 20.9 Å². The number of nitrogen functional groups attached to an aromatic ring is 1. The van der Waals surface area contributed by atoms with Crippen molar-refractivity contribution in [1.82, 2.24) is 30.2 Å². The maximum Gasteiger partial charge on any atom is 0.352 e. The van der Waals surface area contributed by atoms with E-state index in [0.717, 1.165) is 48.3 Å². The van der Waals surface area contributed by atoms with Gasteiger partial charge in [0.05, 0.1) is 6.54 Å². The molecule has 0 saturated carbocycles. The number of carboxylic acids is 1. The molecule has 1 aromatic carbocycles. The van der Waals surface area contributed by atoms with Crippen molar-refractivity contribution in [3.63, 3.8) is 0 Å². The second kappa shape index (κ2) is 14.1. The molecule has 6 heterocycles. The number of anilines is 1. The Morgan fingerprint density at radius 3 is 2.73 bits per heavy atom. The van der Waals surface area contributed by atoms with E-state index >= 15 is 4.39 Å². The summed E-state index contributed by atoms with van der Waals surface area (Å²) >= 11 is 2.45. The van der Waals surface area contributed by atoms with Crippen molar-refractivity contribution in [2.75, 3.05) is 31.7 Å². The number of aliphatic carboxylic acids is 1. The molecule has 51 heavy (non-hydrogen) atoms. The van der Waals surface area contributed by atoms with E-state index in [4.69, 9.17) is 10.6 Å². The zero-order valence-electron chi connectivity index (χ0n) is 27.2. The van der Waals surface area contributed by atoms with Gasteiger partial charge < -0.3 is 25.6 Å². The minimum absolute atomic E-state index is 0.132. The Bertz CT molecular complexity index is 2130. The Balaban J connectivity index is 1.07. The van der Waals surface area contributed by atoms with E-state index in [1.54, 1.807) is 12.1 Å². The molecule has 0 radical (unpaired) electrons. The normalized spacial score (nSPS) is 19.2. The fraction of sp³-hybridized carbons (Fsp3) is 0.303. The Labute approximate surface area is 298 Å². The van der Waals surface area contributed by atoms with Crippen LogP contribution in [0.2, 0.25) is 0 Å². The molecule has 0 aliphatic carbocycles. The van der Waals surface area contributed by atoms with Crippen LogP contribution in [0.1, 0.15) is 34.5 Å². The average Bonchev–Trinajstić information content (AvgIpc) is 3.89. The number of nitrogens with zero attached hydrogens (tertiary/aromatic N) is 6. The van der Waals surface area contributed by atoms with Crippen molar-refractivity contribution in [2.24, 2.45) is 5.16 Å². The van der Waals surface area contributed by atoms with Crippen LogP contribution in [0, 0.1) is 5.82 Å². The van der Waals surface area contributed by atoms with Gasteiger partial charge in [0.1, 0.15) is 41.3 Å². The number of halogens is 1. The van der Waals surface area contributed by atoms with E-state index in [0.29, 0.717) is 11.1 Å². The number of oxime groups is 1. The van der Waals surface area contributed by atoms with Crippen LogP contribution in [0.15, 0.2) is 70.6 Å². The smallest absolute Gasteiger partial charge is 0.352 e. The van der Waals surface area contributed by atoms with Crippen LogP contribution in [0.3, 0.4) is 0 Å². The third-order valence-corrected chi connectivity index (χ3v) is 10.9. The number of amides is 3. The van der Waals surface area contributed by atoms with E-state index < -0.39 is 35.0 Å². The number of thioether (sulfide) groups is 1. The SMILES string of the molecule is CO/N=C(\C(=O)N[C@@H]1C(=O)N2C(C(=O)O)=C(C[n+]3cccc4c3ccn4Cc3ccc(C(=O)NN4CCCC4)cc3F)CS[C@H]12)c1csc(N)n1. The van der Waals surface area contributed by atoms with E-state index in [-0.39, 0.29) is 52.5 Å². The summed E-state index contributed by atoms with van der Waals surface area (Å²) in [5.41, 5.74) is 11.1. The molecule has 264 valence electrons. The monoisotopic (exact) mass is 734 g/mol. The minimum atomic E-state index is -1.26. The van der Waals surface area contributed by atoms with Gasteiger partial charge in [-0.25, -0.2) is 19.2 Å². The Morgan fingerprint density at radius 1 is 1.22 bits per heavy atom. The molecule has 3 aromatic heterocycles. The number of nitrogens with two attached hydrogens (primary N) is 1. The highest BCUT2D eigenvalue weighted by Crippen LogP contribution is 2.40. The first-order valence-electron chi connectivity index (χ1n) is 16.0. The molecular weight excluding hydrogens is 702 g/mol. The first kappa shape index (κ1) is 34.1. The summed E-state index contributed by atoms with van der Waals surface area (Å²) in [4.78, 5) is 61.7. The molecule has 2 atom stereocenters. The predicted octanol–water partition coefficient (Wildman–Crippen LogP) is 1.68. The third kappa shape index (κ3) is 6.64. The molecule has 3 aliphatic rings. The number of hydrogen-bond acceptors (Lipinski definition) is 11. The van der Waals surface area contributed by atoms with Crippen LogP contribution in [0.25, 0.3) is 11.0 Å². The third-order valence-electron chi connectivity index (χ3n) is 8.90. The number of rotatable bonds is 11. The molecule has 4 aromatic rings. The van der Waals surface area contributed by atoms with Gasteiger partial charge in [-0.05, 0) is 31.0 Å². The lowest BCUT2D eigenvalue weighted by atomic mass is 10.0. The van der Waals surface area contributed by atoms with Gasteiger partial charge in [0.25, 0.3) is 17.7 Å². The highest BCUT2D eigenvalue weighted by Gasteiger charge is 2.55. The Kier molecular flexibility index (Phi) is 9.45. The summed E-state index contributed by atoms with van der Waals surface area (Å²) in [6.45, 7) is 1.93. The second-order valence-electron chi connectivity index (χ2n) is 12.1. The van der Waals surface area contributed by atoms with Crippen LogP contribution in [0.5, 0.6) is 0 Å². The predicted molar refractivity (Wildman–Crippen MR) is 186 cm³/mol. The van der Waals surface area contributed by atoms with Crippen molar-refractivity contribution < 1.29 is 38.1 Å². The molecule has 0 unspecified atom stereocenters. The second-order valence-corrected chi connectivity index (χ2v) is 14.1. The van der Waals surface area contributed by atoms with Gasteiger partial charge in [-0.15, -0.1) is 23.1 Å². The fourth-order valence-electron chi connectivity index (χ4n) is 6.44. The van der Waals surface area contributed by atoms with Gasteiger partial charge in [-0.3, -0.25) is 24.7 Å². The molecule has 3 aliphatic heterocycles. The zero-order valence-corrected chi connectivity index (χ0v) is 28.9. The largest absolute Gasteiger partial charge is 0.477 e. The number of nitrogens with one attached hydrogen (secondary N) is 2. The Hall–Kier alpha value is -5.33. The van der Waals surface area contributed by atoms with Gasteiger partial charge in [-0.1, -0.05) is 11.2 Å². The van der Waals surface area contributed by atoms with E-state index in [9.17, 15) is 24.3 Å². The number of pyridine rings is 1. The first-order chi connectivity index (χ1) is 24.6. The summed E-state index contributed by atoms with van der Waals surface area (Å²) in [5, 5.41) is 19.6. The number of carboxylic acid groups (broad SMARTS) is 1. The number of benzene rings is 1. The quantitative estimate of drug-likeness (QED) is 0.0765. The molecule has 7 rings (SSSR count). The molecule has 5 N–H and O–H groups in total. The maximum absolute atomic E-state index is 15.2. The molecule has 18 heteroatoms. The first-order valence-corrected chi connectivity index (χ1v) is 17.9. The number of fused-ring (bicyclic) bond motifs is 2. The number of thiazole rings is 1. The van der Waals surface area contributed by atoms with Crippen molar-refractivity contribution in [3.05, 3.63) is 88.1 Å². The molecule has 2 fully saturated rings. The number of β-lactam (4-membered cyclic amide) rings is 1. The number of carbonyl (C=O) groups excluding carboxylic acids is 3. The number of hydrogen-bond donors (Lipinski definition) is 4. The van der Waals surface area contributed by atoms with Crippen LogP contribution >= 0.6 is 23.1 Å². The highest BCUT2D eigenvalue weighted by molar-refractivity contribution is 8.00. The molecule has 0 spiro atoms. The summed E-state index contributed by atoms with van der Waals surface area (Å²) < 4.78 is 19.0.